The average Bonchev–Trinajstić information content (AvgIpc) is 3.25. The predicted octanol–water partition coefficient (Wildman–Crippen LogP) is 4.21. The average molecular weight is 475 g/mol. The van der Waals surface area contributed by atoms with Gasteiger partial charge in [-0.1, -0.05) is 48.5 Å². The minimum absolute atomic E-state index is 0.0100. The number of nitrogens with one attached hydrogen (secondary N) is 2. The van der Waals surface area contributed by atoms with Crippen LogP contribution in [0.5, 0.6) is 0 Å². The summed E-state index contributed by atoms with van der Waals surface area (Å²) in [6.07, 6.45) is 4.07. The van der Waals surface area contributed by atoms with Crippen LogP contribution in [0.4, 0.5) is 4.79 Å². The molecule has 0 heterocycles. The summed E-state index contributed by atoms with van der Waals surface area (Å²) in [4.78, 5) is 37.1. The van der Waals surface area contributed by atoms with Crippen molar-refractivity contribution in [3.8, 4) is 11.1 Å². The maximum atomic E-state index is 12.8. The van der Waals surface area contributed by atoms with Crippen LogP contribution < -0.4 is 10.6 Å². The van der Waals surface area contributed by atoms with Crippen molar-refractivity contribution in [1.29, 1.82) is 0 Å². The molecule has 3 atom stereocenters. The smallest absolute Gasteiger partial charge is 0.407 e. The van der Waals surface area contributed by atoms with E-state index in [1.807, 2.05) is 24.3 Å². The second-order valence-electron chi connectivity index (χ2n) is 10.8. The molecule has 3 saturated carbocycles. The zero-order valence-corrected chi connectivity index (χ0v) is 19.6. The first-order valence-electron chi connectivity index (χ1n) is 12.6. The summed E-state index contributed by atoms with van der Waals surface area (Å²) < 4.78 is 5.70. The molecule has 3 fully saturated rings. The van der Waals surface area contributed by atoms with Gasteiger partial charge in [0.25, 0.3) is 0 Å². The van der Waals surface area contributed by atoms with Gasteiger partial charge in [0.05, 0.1) is 11.0 Å². The monoisotopic (exact) mass is 474 g/mol. The number of hydrogen-bond donors (Lipinski definition) is 3. The van der Waals surface area contributed by atoms with Crippen LogP contribution in [0.25, 0.3) is 11.1 Å². The second-order valence-corrected chi connectivity index (χ2v) is 10.8. The molecule has 2 aromatic rings. The number of aliphatic carboxylic acids is 1. The van der Waals surface area contributed by atoms with E-state index in [9.17, 15) is 19.5 Å². The number of benzene rings is 2. The summed E-state index contributed by atoms with van der Waals surface area (Å²) in [6.45, 7) is 0.239. The quantitative estimate of drug-likeness (QED) is 0.558. The number of rotatable bonds is 7. The van der Waals surface area contributed by atoms with Crippen molar-refractivity contribution < 1.29 is 24.2 Å². The fourth-order valence-corrected chi connectivity index (χ4v) is 6.65. The molecule has 0 aliphatic heterocycles. The largest absolute Gasteiger partial charge is 0.481 e. The summed E-state index contributed by atoms with van der Waals surface area (Å²) in [5.41, 5.74) is 3.47. The molecule has 3 N–H and O–H groups in total. The normalized spacial score (nSPS) is 27.1. The van der Waals surface area contributed by atoms with E-state index in [0.717, 1.165) is 43.2 Å². The lowest BCUT2D eigenvalue weighted by Crippen LogP contribution is -2.56. The first-order valence-corrected chi connectivity index (χ1v) is 12.6. The van der Waals surface area contributed by atoms with Gasteiger partial charge in [0.1, 0.15) is 6.61 Å². The lowest BCUT2D eigenvalue weighted by Gasteiger charge is -2.41. The van der Waals surface area contributed by atoms with Crippen molar-refractivity contribution in [1.82, 2.24) is 10.6 Å². The third-order valence-electron chi connectivity index (χ3n) is 8.72. The van der Waals surface area contributed by atoms with E-state index < -0.39 is 23.0 Å². The van der Waals surface area contributed by atoms with Crippen LogP contribution in [0.15, 0.2) is 48.5 Å². The summed E-state index contributed by atoms with van der Waals surface area (Å²) in [5, 5.41) is 15.5. The number of fused-ring (bicyclic) bond motifs is 4. The molecular weight excluding hydrogens is 444 g/mol. The zero-order chi connectivity index (χ0) is 24.2. The van der Waals surface area contributed by atoms with Crippen LogP contribution in [0.2, 0.25) is 0 Å². The number of carboxylic acids is 1. The molecule has 35 heavy (non-hydrogen) atoms. The first-order chi connectivity index (χ1) is 16.9. The van der Waals surface area contributed by atoms with Crippen LogP contribution in [-0.2, 0) is 14.3 Å². The van der Waals surface area contributed by atoms with E-state index in [0.29, 0.717) is 6.42 Å². The molecule has 0 aromatic heterocycles. The number of carbonyl (C=O) groups excluding carboxylic acids is 2. The first kappa shape index (κ1) is 22.1. The van der Waals surface area contributed by atoms with E-state index >= 15 is 0 Å². The number of ether oxygens (including phenoxy) is 1. The van der Waals surface area contributed by atoms with E-state index in [1.165, 1.54) is 11.1 Å². The van der Waals surface area contributed by atoms with Gasteiger partial charge in [0.15, 0.2) is 0 Å². The van der Waals surface area contributed by atoms with E-state index in [1.54, 1.807) is 0 Å². The molecule has 2 aromatic carbocycles. The Balaban J connectivity index is 1.05. The number of carbonyl (C=O) groups is 3. The Labute approximate surface area is 204 Å². The number of amides is 2. The Morgan fingerprint density at radius 2 is 1.63 bits per heavy atom. The summed E-state index contributed by atoms with van der Waals surface area (Å²) in [5.74, 6) is -0.701. The molecule has 4 aliphatic rings. The lowest BCUT2D eigenvalue weighted by molar-refractivity contribution is -0.144. The number of alkyl carbamates (subject to hydrolysis) is 1. The van der Waals surface area contributed by atoms with Crippen molar-refractivity contribution >= 4 is 18.0 Å². The minimum atomic E-state index is -0.744. The number of hydrogen-bond acceptors (Lipinski definition) is 4. The number of carboxylic acid groups (broad SMARTS) is 1. The molecule has 0 unspecified atom stereocenters. The minimum Gasteiger partial charge on any atom is -0.481 e. The van der Waals surface area contributed by atoms with Crippen molar-refractivity contribution in [2.24, 2.45) is 11.3 Å². The van der Waals surface area contributed by atoms with Gasteiger partial charge in [-0.2, -0.15) is 0 Å². The highest BCUT2D eigenvalue weighted by Crippen LogP contribution is 2.63. The van der Waals surface area contributed by atoms with E-state index in [2.05, 4.69) is 34.9 Å². The van der Waals surface area contributed by atoms with Gasteiger partial charge in [0.2, 0.25) is 5.91 Å². The van der Waals surface area contributed by atoms with Gasteiger partial charge in [-0.3, -0.25) is 9.59 Å². The topological polar surface area (TPSA) is 105 Å². The Kier molecular flexibility index (Phi) is 5.13. The fourth-order valence-electron chi connectivity index (χ4n) is 6.65. The van der Waals surface area contributed by atoms with Gasteiger partial charge >= 0.3 is 12.1 Å². The van der Waals surface area contributed by atoms with Crippen LogP contribution >= 0.6 is 0 Å². The third-order valence-corrected chi connectivity index (χ3v) is 8.72. The standard InChI is InChI=1S/C28H30N2O5/c31-24(29-18-12-17-13-28(17,14-18)25(32)33)15-27(10-5-11-27)30-26(34)35-16-23-21-8-3-1-6-19(21)20-7-2-4-9-22(20)23/h1-4,6-9,17-18,23H,5,10-16H2,(H,29,31)(H,30,34)(H,32,33)/t17-,18+,28+/m1/s1. The molecular formula is C28H30N2O5. The Morgan fingerprint density at radius 3 is 2.20 bits per heavy atom. The highest BCUT2D eigenvalue weighted by Gasteiger charge is 2.65. The molecule has 2 amide bonds. The summed E-state index contributed by atoms with van der Waals surface area (Å²) in [7, 11) is 0. The molecule has 0 bridgehead atoms. The molecule has 4 aliphatic carbocycles. The van der Waals surface area contributed by atoms with Gasteiger partial charge in [0, 0.05) is 18.4 Å². The van der Waals surface area contributed by atoms with Crippen molar-refractivity contribution in [3.63, 3.8) is 0 Å². The Bertz CT molecular complexity index is 1160. The van der Waals surface area contributed by atoms with Crippen molar-refractivity contribution in [3.05, 3.63) is 59.7 Å². The van der Waals surface area contributed by atoms with E-state index in [4.69, 9.17) is 4.74 Å². The molecule has 0 spiro atoms. The molecule has 7 heteroatoms. The molecule has 0 radical (unpaired) electrons. The van der Waals surface area contributed by atoms with Crippen LogP contribution in [0.1, 0.15) is 62.0 Å². The van der Waals surface area contributed by atoms with Crippen molar-refractivity contribution in [2.45, 2.75) is 62.4 Å². The fraction of sp³-hybridized carbons (Fsp3) is 0.464. The van der Waals surface area contributed by atoms with Gasteiger partial charge in [-0.25, -0.2) is 4.79 Å². The lowest BCUT2D eigenvalue weighted by atomic mass is 9.74. The van der Waals surface area contributed by atoms with Crippen LogP contribution in [-0.4, -0.2) is 41.3 Å². The summed E-state index contributed by atoms with van der Waals surface area (Å²) >= 11 is 0. The summed E-state index contributed by atoms with van der Waals surface area (Å²) in [6, 6.07) is 16.3. The van der Waals surface area contributed by atoms with Gasteiger partial charge < -0.3 is 20.5 Å². The highest BCUT2D eigenvalue weighted by molar-refractivity contribution is 5.82. The van der Waals surface area contributed by atoms with Gasteiger partial charge in [-0.15, -0.1) is 0 Å². The molecule has 7 nitrogen and oxygen atoms in total. The van der Waals surface area contributed by atoms with Crippen LogP contribution in [0.3, 0.4) is 0 Å². The molecule has 6 rings (SSSR count). The zero-order valence-electron chi connectivity index (χ0n) is 19.6. The highest BCUT2D eigenvalue weighted by atomic mass is 16.5. The maximum absolute atomic E-state index is 12.8. The second kappa shape index (κ2) is 8.11. The van der Waals surface area contributed by atoms with Gasteiger partial charge in [-0.05, 0) is 66.7 Å². The van der Waals surface area contributed by atoms with Crippen LogP contribution in [0, 0.1) is 11.3 Å². The SMILES string of the molecule is O=C(CC1(NC(=O)OCC2c3ccccc3-c3ccccc32)CCC1)N[C@H]1C[C@@H]2C[C@]2(C(=O)O)C1. The Hall–Kier alpha value is -3.35. The Morgan fingerprint density at radius 1 is 0.971 bits per heavy atom. The van der Waals surface area contributed by atoms with E-state index in [-0.39, 0.29) is 36.8 Å². The van der Waals surface area contributed by atoms with Crippen molar-refractivity contribution in [2.75, 3.05) is 6.61 Å². The predicted molar refractivity (Wildman–Crippen MR) is 129 cm³/mol. The third kappa shape index (κ3) is 3.77. The maximum Gasteiger partial charge on any atom is 0.407 e. The molecule has 0 saturated heterocycles. The molecule has 182 valence electrons.